The van der Waals surface area contributed by atoms with Gasteiger partial charge in [0.1, 0.15) is 0 Å². The first-order valence-electron chi connectivity index (χ1n) is 9.41. The largest absolute Gasteiger partial charge is 0.336 e. The highest BCUT2D eigenvalue weighted by Crippen LogP contribution is 2.33. The Morgan fingerprint density at radius 1 is 1.30 bits per heavy atom. The Kier molecular flexibility index (Phi) is 6.05. The summed E-state index contributed by atoms with van der Waals surface area (Å²) in [7, 11) is 0. The molecule has 0 spiro atoms. The maximum absolute atomic E-state index is 12.9. The van der Waals surface area contributed by atoms with E-state index in [0.717, 1.165) is 19.4 Å². The van der Waals surface area contributed by atoms with Gasteiger partial charge < -0.3 is 9.88 Å². The van der Waals surface area contributed by atoms with Crippen LogP contribution in [0, 0.1) is 20.8 Å². The van der Waals surface area contributed by atoms with Crippen LogP contribution in [-0.2, 0) is 11.2 Å². The molecule has 0 saturated carbocycles. The zero-order valence-corrected chi connectivity index (χ0v) is 17.3. The molecule has 144 valence electrons. The molecule has 6 heteroatoms. The summed E-state index contributed by atoms with van der Waals surface area (Å²) in [4.78, 5) is 34.3. The molecular weight excluding hydrogens is 358 g/mol. The van der Waals surface area contributed by atoms with Gasteiger partial charge in [-0.2, -0.15) is 0 Å². The summed E-state index contributed by atoms with van der Waals surface area (Å²) >= 11 is 1.41. The molecular formula is C21H27N3O2S. The Bertz CT molecular complexity index is 907. The molecule has 0 radical (unpaired) electrons. The smallest absolute Gasteiger partial charge is 0.254 e. The lowest BCUT2D eigenvalue weighted by Crippen LogP contribution is -2.31. The first-order chi connectivity index (χ1) is 12.9. The molecule has 1 aliphatic heterocycles. The first-order valence-corrected chi connectivity index (χ1v) is 10.6. The van der Waals surface area contributed by atoms with Crippen LogP contribution in [-0.4, -0.2) is 33.6 Å². The number of carbonyl (C=O) groups excluding carboxylic acids is 1. The molecule has 3 rings (SSSR count). The number of carbonyl (C=O) groups is 1. The zero-order valence-electron chi connectivity index (χ0n) is 16.5. The van der Waals surface area contributed by atoms with Crippen LogP contribution in [0.2, 0.25) is 0 Å². The normalized spacial score (nSPS) is 16.7. The average molecular weight is 386 g/mol. The molecule has 1 atom stereocenters. The molecule has 1 saturated heterocycles. The Morgan fingerprint density at radius 2 is 2.07 bits per heavy atom. The van der Waals surface area contributed by atoms with Gasteiger partial charge in [0.2, 0.25) is 5.91 Å². The lowest BCUT2D eigenvalue weighted by molar-refractivity contribution is -0.132. The van der Waals surface area contributed by atoms with Gasteiger partial charge in [0.05, 0.1) is 6.04 Å². The van der Waals surface area contributed by atoms with Crippen LogP contribution in [0.1, 0.15) is 53.3 Å². The molecule has 1 amide bonds. The summed E-state index contributed by atoms with van der Waals surface area (Å²) < 4.78 is 0. The van der Waals surface area contributed by atoms with Gasteiger partial charge in [-0.05, 0) is 63.0 Å². The maximum Gasteiger partial charge on any atom is 0.254 e. The first kappa shape index (κ1) is 19.7. The number of hydrogen-bond donors (Lipinski definition) is 1. The van der Waals surface area contributed by atoms with E-state index in [1.165, 1.54) is 28.5 Å². The number of hydrogen-bond acceptors (Lipinski definition) is 4. The van der Waals surface area contributed by atoms with Crippen LogP contribution in [0.25, 0.3) is 0 Å². The third-order valence-corrected chi connectivity index (χ3v) is 6.05. The SMILES string of the molecule is CSc1nc(C)c(CCC(=O)N2CCCC2c2ccc(C)c(C)c2)c(=O)[nH]1. The van der Waals surface area contributed by atoms with Gasteiger partial charge >= 0.3 is 0 Å². The number of amides is 1. The summed E-state index contributed by atoms with van der Waals surface area (Å²) in [6, 6.07) is 6.62. The number of nitrogens with zero attached hydrogens (tertiary/aromatic N) is 2. The topological polar surface area (TPSA) is 66.1 Å². The number of thioether (sulfide) groups is 1. The predicted molar refractivity (Wildman–Crippen MR) is 109 cm³/mol. The molecule has 1 fully saturated rings. The molecule has 1 aliphatic rings. The number of H-pyrrole nitrogens is 1. The monoisotopic (exact) mass is 385 g/mol. The van der Waals surface area contributed by atoms with Gasteiger partial charge in [-0.3, -0.25) is 9.59 Å². The van der Waals surface area contributed by atoms with Crippen LogP contribution < -0.4 is 5.56 Å². The summed E-state index contributed by atoms with van der Waals surface area (Å²) in [5, 5.41) is 0.613. The van der Waals surface area contributed by atoms with Crippen molar-refractivity contribution < 1.29 is 4.79 Å². The molecule has 2 aromatic rings. The average Bonchev–Trinajstić information content (AvgIpc) is 3.12. The molecule has 27 heavy (non-hydrogen) atoms. The van der Waals surface area contributed by atoms with E-state index >= 15 is 0 Å². The van der Waals surface area contributed by atoms with Crippen molar-refractivity contribution in [3.8, 4) is 0 Å². The van der Waals surface area contributed by atoms with Crippen molar-refractivity contribution in [3.05, 3.63) is 56.5 Å². The summed E-state index contributed by atoms with van der Waals surface area (Å²) in [5.41, 5.74) is 4.93. The van der Waals surface area contributed by atoms with E-state index in [0.29, 0.717) is 29.3 Å². The van der Waals surface area contributed by atoms with Gasteiger partial charge in [-0.25, -0.2) is 4.98 Å². The van der Waals surface area contributed by atoms with E-state index < -0.39 is 0 Å². The summed E-state index contributed by atoms with van der Waals surface area (Å²) in [5.74, 6) is 0.114. The van der Waals surface area contributed by atoms with Crippen molar-refractivity contribution >= 4 is 17.7 Å². The third-order valence-electron chi connectivity index (χ3n) is 5.47. The zero-order chi connectivity index (χ0) is 19.6. The summed E-state index contributed by atoms with van der Waals surface area (Å²) in [6.45, 7) is 6.84. The third kappa shape index (κ3) is 4.26. The van der Waals surface area contributed by atoms with Crippen molar-refractivity contribution in [2.75, 3.05) is 12.8 Å². The van der Waals surface area contributed by atoms with E-state index in [-0.39, 0.29) is 17.5 Å². The lowest BCUT2D eigenvalue weighted by atomic mass is 9.99. The fourth-order valence-corrected chi connectivity index (χ4v) is 4.16. The highest BCUT2D eigenvalue weighted by atomic mass is 32.2. The van der Waals surface area contributed by atoms with Gasteiger partial charge in [-0.15, -0.1) is 0 Å². The number of aromatic amines is 1. The van der Waals surface area contributed by atoms with Gasteiger partial charge in [0, 0.05) is 24.2 Å². The highest BCUT2D eigenvalue weighted by Gasteiger charge is 2.30. The second kappa shape index (κ2) is 8.30. The lowest BCUT2D eigenvalue weighted by Gasteiger charge is -2.26. The molecule has 2 heterocycles. The highest BCUT2D eigenvalue weighted by molar-refractivity contribution is 7.98. The molecule has 1 unspecified atom stereocenters. The minimum atomic E-state index is -0.133. The van der Waals surface area contributed by atoms with Gasteiger partial charge in [0.15, 0.2) is 5.16 Å². The Hall–Kier alpha value is -2.08. The molecule has 5 nitrogen and oxygen atoms in total. The molecule has 1 aromatic heterocycles. The van der Waals surface area contributed by atoms with Crippen LogP contribution in [0.15, 0.2) is 28.2 Å². The van der Waals surface area contributed by atoms with Gasteiger partial charge in [-0.1, -0.05) is 30.0 Å². The van der Waals surface area contributed by atoms with E-state index in [4.69, 9.17) is 0 Å². The molecule has 0 bridgehead atoms. The van der Waals surface area contributed by atoms with Gasteiger partial charge in [0.25, 0.3) is 5.56 Å². The van der Waals surface area contributed by atoms with E-state index in [2.05, 4.69) is 42.0 Å². The number of aryl methyl sites for hydroxylation is 3. The minimum absolute atomic E-state index is 0.114. The number of aromatic nitrogens is 2. The molecule has 1 N–H and O–H groups in total. The molecule has 1 aromatic carbocycles. The molecule has 0 aliphatic carbocycles. The van der Waals surface area contributed by atoms with E-state index in [1.54, 1.807) is 0 Å². The van der Waals surface area contributed by atoms with Crippen molar-refractivity contribution in [1.82, 2.24) is 14.9 Å². The van der Waals surface area contributed by atoms with Crippen LogP contribution in [0.5, 0.6) is 0 Å². The number of likely N-dealkylation sites (tertiary alicyclic amines) is 1. The fourth-order valence-electron chi connectivity index (χ4n) is 3.73. The van der Waals surface area contributed by atoms with Crippen LogP contribution >= 0.6 is 11.8 Å². The quantitative estimate of drug-likeness (QED) is 0.629. The Balaban J connectivity index is 1.72. The predicted octanol–water partition coefficient (Wildman–Crippen LogP) is 3.71. The Morgan fingerprint density at radius 3 is 2.74 bits per heavy atom. The second-order valence-corrected chi connectivity index (χ2v) is 8.02. The Labute approximate surface area is 164 Å². The number of benzene rings is 1. The van der Waals surface area contributed by atoms with Crippen molar-refractivity contribution in [1.29, 1.82) is 0 Å². The van der Waals surface area contributed by atoms with Crippen LogP contribution in [0.3, 0.4) is 0 Å². The van der Waals surface area contributed by atoms with Crippen molar-refractivity contribution in [3.63, 3.8) is 0 Å². The fraction of sp³-hybridized carbons (Fsp3) is 0.476. The summed E-state index contributed by atoms with van der Waals surface area (Å²) in [6.07, 6.45) is 4.66. The number of nitrogens with one attached hydrogen (secondary N) is 1. The van der Waals surface area contributed by atoms with E-state index in [9.17, 15) is 9.59 Å². The standard InChI is InChI=1S/C21H27N3O2S/c1-13-7-8-16(12-14(13)2)18-6-5-11-24(18)19(25)10-9-17-15(3)22-21(27-4)23-20(17)26/h7-8,12,18H,5-6,9-11H2,1-4H3,(H,22,23,26). The van der Waals surface area contributed by atoms with Crippen molar-refractivity contribution in [2.24, 2.45) is 0 Å². The second-order valence-electron chi connectivity index (χ2n) is 7.23. The number of rotatable bonds is 5. The van der Waals surface area contributed by atoms with E-state index in [1.807, 2.05) is 18.1 Å². The van der Waals surface area contributed by atoms with Crippen molar-refractivity contribution in [2.45, 2.75) is 57.7 Å². The van der Waals surface area contributed by atoms with Crippen LogP contribution in [0.4, 0.5) is 0 Å². The maximum atomic E-state index is 12.9. The minimum Gasteiger partial charge on any atom is -0.336 e.